The molecule has 0 spiro atoms. The van der Waals surface area contributed by atoms with Crippen LogP contribution in [-0.4, -0.2) is 48.6 Å². The zero-order valence-corrected chi connectivity index (χ0v) is 13.3. The first-order valence-electron chi connectivity index (χ1n) is 8.25. The molecule has 0 aromatic rings. The van der Waals surface area contributed by atoms with Crippen LogP contribution in [0.5, 0.6) is 0 Å². The zero-order chi connectivity index (χ0) is 15.2. The van der Waals surface area contributed by atoms with Crippen molar-refractivity contribution in [3.63, 3.8) is 0 Å². The molecule has 0 aromatic carbocycles. The Morgan fingerprint density at radius 2 is 2.24 bits per heavy atom. The van der Waals surface area contributed by atoms with Gasteiger partial charge in [0, 0.05) is 44.5 Å². The molecule has 2 aliphatic heterocycles. The third kappa shape index (κ3) is 4.70. The lowest BCUT2D eigenvalue weighted by Gasteiger charge is -2.39. The summed E-state index contributed by atoms with van der Waals surface area (Å²) in [6, 6.07) is 0.246. The van der Waals surface area contributed by atoms with Gasteiger partial charge < -0.3 is 15.0 Å². The lowest BCUT2D eigenvalue weighted by molar-refractivity contribution is -0.137. The number of hydrogen-bond acceptors (Lipinski definition) is 3. The Kier molecular flexibility index (Phi) is 6.03. The lowest BCUT2D eigenvalue weighted by Crippen LogP contribution is -2.48. The first kappa shape index (κ1) is 16.3. The summed E-state index contributed by atoms with van der Waals surface area (Å²) < 4.78 is 5.49. The molecule has 1 N–H and O–H groups in total. The molecule has 2 amide bonds. The molecule has 2 saturated heterocycles. The molecule has 0 aliphatic carbocycles. The van der Waals surface area contributed by atoms with Crippen LogP contribution >= 0.6 is 0 Å². The average Bonchev–Trinajstić information content (AvgIpc) is 2.89. The van der Waals surface area contributed by atoms with E-state index in [0.717, 1.165) is 38.8 Å². The molecule has 2 atom stereocenters. The van der Waals surface area contributed by atoms with Crippen LogP contribution in [0.25, 0.3) is 0 Å². The predicted octanol–water partition coefficient (Wildman–Crippen LogP) is 1.71. The number of piperidine rings is 1. The Balaban J connectivity index is 1.83. The summed E-state index contributed by atoms with van der Waals surface area (Å²) in [7, 11) is 0. The maximum absolute atomic E-state index is 12.5. The second-order valence-corrected chi connectivity index (χ2v) is 6.44. The van der Waals surface area contributed by atoms with Crippen molar-refractivity contribution < 1.29 is 14.3 Å². The van der Waals surface area contributed by atoms with Crippen LogP contribution in [0.1, 0.15) is 52.4 Å². The van der Waals surface area contributed by atoms with Gasteiger partial charge in [0.2, 0.25) is 11.8 Å². The van der Waals surface area contributed by atoms with E-state index in [2.05, 4.69) is 5.32 Å². The summed E-state index contributed by atoms with van der Waals surface area (Å²) in [5.41, 5.74) is 0. The molecule has 0 saturated carbocycles. The third-order valence-corrected chi connectivity index (χ3v) is 4.41. The van der Waals surface area contributed by atoms with E-state index in [1.54, 1.807) is 0 Å². The van der Waals surface area contributed by atoms with E-state index in [0.29, 0.717) is 25.4 Å². The summed E-state index contributed by atoms with van der Waals surface area (Å²) in [5, 5.41) is 2.89. The van der Waals surface area contributed by atoms with Gasteiger partial charge in [0.1, 0.15) is 0 Å². The number of carbonyl (C=O) groups excluding carboxylic acids is 2. The number of ether oxygens (including phenoxy) is 1. The van der Waals surface area contributed by atoms with E-state index >= 15 is 0 Å². The van der Waals surface area contributed by atoms with Gasteiger partial charge in [-0.05, 0) is 39.5 Å². The van der Waals surface area contributed by atoms with Gasteiger partial charge in [0.05, 0.1) is 6.10 Å². The van der Waals surface area contributed by atoms with Crippen LogP contribution in [-0.2, 0) is 14.3 Å². The molecule has 5 nitrogen and oxygen atoms in total. The highest BCUT2D eigenvalue weighted by molar-refractivity contribution is 5.79. The second kappa shape index (κ2) is 7.78. The smallest absolute Gasteiger partial charge is 0.222 e. The quantitative estimate of drug-likeness (QED) is 0.759. The van der Waals surface area contributed by atoms with Crippen molar-refractivity contribution in [3.8, 4) is 0 Å². The molecular weight excluding hydrogens is 268 g/mol. The topological polar surface area (TPSA) is 58.6 Å². The molecule has 0 aromatic heterocycles. The van der Waals surface area contributed by atoms with Crippen LogP contribution in [0.4, 0.5) is 0 Å². The van der Waals surface area contributed by atoms with E-state index in [9.17, 15) is 9.59 Å². The van der Waals surface area contributed by atoms with Gasteiger partial charge in [-0.25, -0.2) is 0 Å². The summed E-state index contributed by atoms with van der Waals surface area (Å²) >= 11 is 0. The van der Waals surface area contributed by atoms with Crippen LogP contribution in [0, 0.1) is 5.92 Å². The highest BCUT2D eigenvalue weighted by Gasteiger charge is 2.36. The number of rotatable bonds is 6. The number of nitrogens with one attached hydrogen (secondary N) is 1. The minimum absolute atomic E-state index is 0.128. The Morgan fingerprint density at radius 1 is 1.43 bits per heavy atom. The Bertz CT molecular complexity index is 371. The van der Waals surface area contributed by atoms with Gasteiger partial charge in [-0.1, -0.05) is 0 Å². The Morgan fingerprint density at radius 3 is 2.90 bits per heavy atom. The Hall–Kier alpha value is -1.10. The van der Waals surface area contributed by atoms with Crippen molar-refractivity contribution in [2.24, 2.45) is 5.92 Å². The minimum Gasteiger partial charge on any atom is -0.379 e. The van der Waals surface area contributed by atoms with E-state index < -0.39 is 0 Å². The fourth-order valence-corrected chi connectivity index (χ4v) is 3.34. The lowest BCUT2D eigenvalue weighted by atomic mass is 9.89. The molecule has 0 unspecified atom stereocenters. The fraction of sp³-hybridized carbons (Fsp3) is 0.875. The molecule has 5 heteroatoms. The minimum atomic E-state index is 0.128. The summed E-state index contributed by atoms with van der Waals surface area (Å²) in [5.74, 6) is 0.656. The van der Waals surface area contributed by atoms with Crippen molar-refractivity contribution in [3.05, 3.63) is 0 Å². The van der Waals surface area contributed by atoms with Gasteiger partial charge in [-0.15, -0.1) is 0 Å². The first-order valence-corrected chi connectivity index (χ1v) is 8.25. The number of carbonyl (C=O) groups is 2. The molecule has 2 heterocycles. The van der Waals surface area contributed by atoms with Crippen molar-refractivity contribution in [2.75, 3.05) is 19.7 Å². The van der Waals surface area contributed by atoms with E-state index in [4.69, 9.17) is 4.74 Å². The van der Waals surface area contributed by atoms with E-state index in [1.165, 1.54) is 0 Å². The van der Waals surface area contributed by atoms with Crippen LogP contribution in [0.15, 0.2) is 0 Å². The highest BCUT2D eigenvalue weighted by atomic mass is 16.5. The maximum Gasteiger partial charge on any atom is 0.222 e. The van der Waals surface area contributed by atoms with Crippen molar-refractivity contribution in [1.29, 1.82) is 0 Å². The molecule has 0 bridgehead atoms. The molecule has 120 valence electrons. The van der Waals surface area contributed by atoms with Crippen LogP contribution in [0.2, 0.25) is 0 Å². The van der Waals surface area contributed by atoms with Gasteiger partial charge >= 0.3 is 0 Å². The standard InChI is InChI=1S/C16H28N2O3/c1-12(2)21-9-5-7-16(20)18-8-4-3-6-14(18)13-10-15(19)17-11-13/h12-14H,3-11H2,1-2H3,(H,17,19)/t13-,14-/m0/s1. The zero-order valence-electron chi connectivity index (χ0n) is 13.3. The third-order valence-electron chi connectivity index (χ3n) is 4.41. The van der Waals surface area contributed by atoms with Gasteiger partial charge in [-0.2, -0.15) is 0 Å². The van der Waals surface area contributed by atoms with E-state index in [-0.39, 0.29) is 24.0 Å². The normalized spacial score (nSPS) is 26.2. The van der Waals surface area contributed by atoms with E-state index in [1.807, 2.05) is 18.7 Å². The molecule has 21 heavy (non-hydrogen) atoms. The number of hydrogen-bond donors (Lipinski definition) is 1. The van der Waals surface area contributed by atoms with Crippen molar-refractivity contribution in [2.45, 2.75) is 64.5 Å². The van der Waals surface area contributed by atoms with Gasteiger partial charge in [0.15, 0.2) is 0 Å². The fourth-order valence-electron chi connectivity index (χ4n) is 3.34. The molecule has 2 fully saturated rings. The van der Waals surface area contributed by atoms with Gasteiger partial charge in [-0.3, -0.25) is 9.59 Å². The highest BCUT2D eigenvalue weighted by Crippen LogP contribution is 2.28. The molecule has 0 radical (unpaired) electrons. The predicted molar refractivity (Wildman–Crippen MR) is 80.8 cm³/mol. The number of amides is 2. The van der Waals surface area contributed by atoms with Crippen molar-refractivity contribution >= 4 is 11.8 Å². The monoisotopic (exact) mass is 296 g/mol. The van der Waals surface area contributed by atoms with Crippen molar-refractivity contribution in [1.82, 2.24) is 10.2 Å². The van der Waals surface area contributed by atoms with Crippen LogP contribution in [0.3, 0.4) is 0 Å². The molecule has 2 rings (SSSR count). The molecular formula is C16H28N2O3. The summed E-state index contributed by atoms with van der Waals surface area (Å²) in [6.45, 7) is 6.23. The second-order valence-electron chi connectivity index (χ2n) is 6.44. The average molecular weight is 296 g/mol. The Labute approximate surface area is 127 Å². The summed E-state index contributed by atoms with van der Waals surface area (Å²) in [4.78, 5) is 25.9. The molecule has 2 aliphatic rings. The van der Waals surface area contributed by atoms with Crippen LogP contribution < -0.4 is 5.32 Å². The number of likely N-dealkylation sites (tertiary alicyclic amines) is 1. The SMILES string of the molecule is CC(C)OCCCC(=O)N1CCCC[C@H]1[C@@H]1CNC(=O)C1. The first-order chi connectivity index (χ1) is 10.1. The summed E-state index contributed by atoms with van der Waals surface area (Å²) in [6.07, 6.45) is 5.41. The largest absolute Gasteiger partial charge is 0.379 e. The van der Waals surface area contributed by atoms with Gasteiger partial charge in [0.25, 0.3) is 0 Å². The maximum atomic E-state index is 12.5. The number of nitrogens with zero attached hydrogens (tertiary/aromatic N) is 1.